The van der Waals surface area contributed by atoms with E-state index in [2.05, 4.69) is 4.74 Å². The summed E-state index contributed by atoms with van der Waals surface area (Å²) in [6, 6.07) is -0.174. The molecule has 0 bridgehead atoms. The van der Waals surface area contributed by atoms with E-state index in [9.17, 15) is 23.1 Å². The summed E-state index contributed by atoms with van der Waals surface area (Å²) in [4.78, 5) is 16.1. The second kappa shape index (κ2) is 10.3. The fourth-order valence-corrected chi connectivity index (χ4v) is 3.51. The molecule has 1 N–H and O–H groups in total. The van der Waals surface area contributed by atoms with Gasteiger partial charge in [-0.3, -0.25) is 9.64 Å². The molecule has 0 radical (unpaired) electrons. The van der Waals surface area contributed by atoms with Crippen LogP contribution in [0.15, 0.2) is 23.9 Å². The number of fused-ring (bicyclic) bond motifs is 1. The SMILES string of the molecule is CC/C=C(\C=C/COC(F)(F)F)N1C[C@@H]2C[C@@H](OCC(O)CCC)CN2C1=O. The van der Waals surface area contributed by atoms with Gasteiger partial charge in [0.25, 0.3) is 0 Å². The van der Waals surface area contributed by atoms with Gasteiger partial charge in [0.2, 0.25) is 0 Å². The number of carbonyl (C=O) groups excluding carboxylic acids is 1. The average Bonchev–Trinajstić information content (AvgIpc) is 3.14. The Balaban J connectivity index is 1.89. The number of hydrogen-bond acceptors (Lipinski definition) is 4. The van der Waals surface area contributed by atoms with E-state index in [1.165, 1.54) is 12.2 Å². The molecule has 2 aliphatic rings. The molecule has 2 saturated heterocycles. The van der Waals surface area contributed by atoms with E-state index < -0.39 is 19.1 Å². The van der Waals surface area contributed by atoms with Crippen LogP contribution in [-0.4, -0.2) is 71.9 Å². The number of alkyl halides is 3. The fourth-order valence-electron chi connectivity index (χ4n) is 3.51. The Labute approximate surface area is 163 Å². The van der Waals surface area contributed by atoms with E-state index in [0.717, 1.165) is 6.42 Å². The lowest BCUT2D eigenvalue weighted by Gasteiger charge is -2.21. The summed E-state index contributed by atoms with van der Waals surface area (Å²) in [5, 5.41) is 9.78. The quantitative estimate of drug-likeness (QED) is 0.565. The first kappa shape index (κ1) is 22.7. The van der Waals surface area contributed by atoms with Crippen molar-refractivity contribution >= 4 is 6.03 Å². The zero-order valence-corrected chi connectivity index (χ0v) is 16.3. The van der Waals surface area contributed by atoms with E-state index in [-0.39, 0.29) is 24.8 Å². The van der Waals surface area contributed by atoms with Gasteiger partial charge in [0, 0.05) is 18.8 Å². The van der Waals surface area contributed by atoms with Crippen molar-refractivity contribution in [1.29, 1.82) is 0 Å². The average molecular weight is 406 g/mol. The molecular weight excluding hydrogens is 377 g/mol. The second-order valence-corrected chi connectivity index (χ2v) is 7.03. The van der Waals surface area contributed by atoms with Crippen molar-refractivity contribution in [3.63, 3.8) is 0 Å². The molecule has 0 saturated carbocycles. The van der Waals surface area contributed by atoms with Gasteiger partial charge < -0.3 is 14.7 Å². The van der Waals surface area contributed by atoms with Crippen molar-refractivity contribution in [1.82, 2.24) is 9.80 Å². The maximum absolute atomic E-state index is 12.7. The number of aliphatic hydroxyl groups excluding tert-OH is 1. The topological polar surface area (TPSA) is 62.2 Å². The summed E-state index contributed by atoms with van der Waals surface area (Å²) in [5.74, 6) is 0. The molecule has 0 aliphatic carbocycles. The highest BCUT2D eigenvalue weighted by Gasteiger charge is 2.45. The summed E-state index contributed by atoms with van der Waals surface area (Å²) in [6.07, 6.45) is 2.18. The summed E-state index contributed by atoms with van der Waals surface area (Å²) >= 11 is 0. The summed E-state index contributed by atoms with van der Waals surface area (Å²) in [6.45, 7) is 4.47. The van der Waals surface area contributed by atoms with Crippen LogP contribution in [0.1, 0.15) is 39.5 Å². The molecular formula is C19H29F3N2O4. The Morgan fingerprint density at radius 1 is 1.36 bits per heavy atom. The highest BCUT2D eigenvalue weighted by Crippen LogP contribution is 2.31. The highest BCUT2D eigenvalue weighted by molar-refractivity contribution is 5.80. The smallest absolute Gasteiger partial charge is 0.391 e. The number of hydrogen-bond donors (Lipinski definition) is 1. The molecule has 0 aromatic heterocycles. The molecule has 2 rings (SSSR count). The predicted octanol–water partition coefficient (Wildman–Crippen LogP) is 3.43. The fraction of sp³-hybridized carbons (Fsp3) is 0.737. The monoisotopic (exact) mass is 406 g/mol. The molecule has 2 heterocycles. The Morgan fingerprint density at radius 2 is 2.11 bits per heavy atom. The van der Waals surface area contributed by atoms with Gasteiger partial charge in [0.05, 0.1) is 31.5 Å². The maximum Gasteiger partial charge on any atom is 0.522 e. The molecule has 28 heavy (non-hydrogen) atoms. The Kier molecular flexibility index (Phi) is 8.33. The minimum atomic E-state index is -4.68. The minimum Gasteiger partial charge on any atom is -0.391 e. The van der Waals surface area contributed by atoms with Crippen molar-refractivity contribution in [3.8, 4) is 0 Å². The van der Waals surface area contributed by atoms with Crippen molar-refractivity contribution in [2.45, 2.75) is 64.1 Å². The predicted molar refractivity (Wildman–Crippen MR) is 97.4 cm³/mol. The van der Waals surface area contributed by atoms with Gasteiger partial charge >= 0.3 is 12.4 Å². The Hall–Kier alpha value is -1.58. The summed E-state index contributed by atoms with van der Waals surface area (Å²) in [7, 11) is 0. The first-order chi connectivity index (χ1) is 13.2. The van der Waals surface area contributed by atoms with Gasteiger partial charge in [0.1, 0.15) is 0 Å². The van der Waals surface area contributed by atoms with Crippen LogP contribution in [0.5, 0.6) is 0 Å². The maximum atomic E-state index is 12.7. The summed E-state index contributed by atoms with van der Waals surface area (Å²) < 4.78 is 45.7. The largest absolute Gasteiger partial charge is 0.522 e. The van der Waals surface area contributed by atoms with E-state index in [4.69, 9.17) is 4.74 Å². The van der Waals surface area contributed by atoms with Crippen LogP contribution in [0.25, 0.3) is 0 Å². The first-order valence-corrected chi connectivity index (χ1v) is 9.70. The number of urea groups is 1. The van der Waals surface area contributed by atoms with Crippen LogP contribution >= 0.6 is 0 Å². The number of nitrogens with zero attached hydrogens (tertiary/aromatic N) is 2. The number of halogens is 3. The van der Waals surface area contributed by atoms with Gasteiger partial charge in [-0.2, -0.15) is 0 Å². The molecule has 160 valence electrons. The van der Waals surface area contributed by atoms with Gasteiger partial charge in [-0.15, -0.1) is 13.2 Å². The second-order valence-electron chi connectivity index (χ2n) is 7.03. The number of amides is 2. The van der Waals surface area contributed by atoms with Crippen LogP contribution in [-0.2, 0) is 9.47 Å². The van der Waals surface area contributed by atoms with Crippen LogP contribution in [0.3, 0.4) is 0 Å². The lowest BCUT2D eigenvalue weighted by molar-refractivity contribution is -0.319. The number of rotatable bonds is 10. The number of ether oxygens (including phenoxy) is 2. The van der Waals surface area contributed by atoms with E-state index >= 15 is 0 Å². The number of aliphatic hydroxyl groups is 1. The van der Waals surface area contributed by atoms with Crippen molar-refractivity contribution in [3.05, 3.63) is 23.9 Å². The normalized spacial score (nSPS) is 24.5. The number of allylic oxidation sites excluding steroid dienone is 2. The summed E-state index contributed by atoms with van der Waals surface area (Å²) in [5.41, 5.74) is 0.573. The van der Waals surface area contributed by atoms with E-state index in [1.807, 2.05) is 13.8 Å². The third-order valence-electron chi connectivity index (χ3n) is 4.75. The molecule has 0 aromatic rings. The van der Waals surface area contributed by atoms with Crippen molar-refractivity contribution in [2.75, 3.05) is 26.3 Å². The zero-order chi connectivity index (χ0) is 20.7. The molecule has 2 amide bonds. The third kappa shape index (κ3) is 6.49. The Bertz CT molecular complexity index is 580. The highest BCUT2D eigenvalue weighted by atomic mass is 19.4. The molecule has 6 nitrogen and oxygen atoms in total. The van der Waals surface area contributed by atoms with Crippen LogP contribution in [0, 0.1) is 0 Å². The zero-order valence-electron chi connectivity index (χ0n) is 16.3. The molecule has 3 atom stereocenters. The lowest BCUT2D eigenvalue weighted by atomic mass is 10.2. The lowest BCUT2D eigenvalue weighted by Crippen LogP contribution is -2.34. The number of carbonyl (C=O) groups is 1. The van der Waals surface area contributed by atoms with Crippen LogP contribution < -0.4 is 0 Å². The molecule has 1 unspecified atom stereocenters. The van der Waals surface area contributed by atoms with Crippen molar-refractivity contribution in [2.24, 2.45) is 0 Å². The minimum absolute atomic E-state index is 0.000833. The van der Waals surface area contributed by atoms with Crippen molar-refractivity contribution < 1.29 is 32.5 Å². The molecule has 2 aliphatic heterocycles. The third-order valence-corrected chi connectivity index (χ3v) is 4.75. The van der Waals surface area contributed by atoms with Gasteiger partial charge in [-0.1, -0.05) is 32.4 Å². The molecule has 0 aromatic carbocycles. The van der Waals surface area contributed by atoms with Gasteiger partial charge in [0.15, 0.2) is 0 Å². The molecule has 2 fully saturated rings. The van der Waals surface area contributed by atoms with Crippen LogP contribution in [0.4, 0.5) is 18.0 Å². The van der Waals surface area contributed by atoms with Gasteiger partial charge in [-0.05, 0) is 25.3 Å². The Morgan fingerprint density at radius 3 is 2.71 bits per heavy atom. The van der Waals surface area contributed by atoms with Gasteiger partial charge in [-0.25, -0.2) is 4.79 Å². The van der Waals surface area contributed by atoms with E-state index in [0.29, 0.717) is 38.0 Å². The standard InChI is InChI=1S/C19H29F3N2O4/c1-3-6-14(8-5-9-28-19(20,21)22)23-11-15-10-17(12-24(15)18(23)26)27-13-16(25)7-4-2/h5-6,8,15-17,25H,3-4,7,9-13H2,1-2H3/b8-5-,14-6+/t15-,16?,17+/m0/s1. The first-order valence-electron chi connectivity index (χ1n) is 9.70. The molecule has 9 heteroatoms. The van der Waals surface area contributed by atoms with E-state index in [1.54, 1.807) is 15.9 Å². The molecule has 0 spiro atoms. The van der Waals surface area contributed by atoms with Crippen LogP contribution in [0.2, 0.25) is 0 Å².